The van der Waals surface area contributed by atoms with Gasteiger partial charge in [0, 0.05) is 29.2 Å². The van der Waals surface area contributed by atoms with E-state index in [1.165, 1.54) is 0 Å². The first kappa shape index (κ1) is 18.1. The van der Waals surface area contributed by atoms with Gasteiger partial charge in [-0.15, -0.1) is 0 Å². The normalized spacial score (nSPS) is 10.1. The second kappa shape index (κ2) is 8.62. The fourth-order valence-corrected chi connectivity index (χ4v) is 2.49. The first-order valence-electron chi connectivity index (χ1n) is 8.52. The number of carbonyl (C=O) groups excluding carboxylic acids is 2. The molecule has 0 aliphatic heterocycles. The number of hydrogen-bond acceptors (Lipinski definition) is 4. The van der Waals surface area contributed by atoms with E-state index in [1.54, 1.807) is 60.9 Å². The van der Waals surface area contributed by atoms with Crippen LogP contribution < -0.4 is 15.4 Å². The van der Waals surface area contributed by atoms with Crippen LogP contribution in [0.1, 0.15) is 27.6 Å². The van der Waals surface area contributed by atoms with Gasteiger partial charge in [0.1, 0.15) is 5.75 Å². The molecule has 136 valence electrons. The van der Waals surface area contributed by atoms with Crippen LogP contribution in [0.15, 0.2) is 73.1 Å². The minimum Gasteiger partial charge on any atom is -0.492 e. The number of para-hydroxylation sites is 2. The summed E-state index contributed by atoms with van der Waals surface area (Å²) in [5.74, 6) is 0.0503. The number of nitrogens with one attached hydrogen (secondary N) is 2. The van der Waals surface area contributed by atoms with Crippen molar-refractivity contribution in [1.29, 1.82) is 0 Å². The van der Waals surface area contributed by atoms with Gasteiger partial charge in [-0.05, 0) is 49.4 Å². The van der Waals surface area contributed by atoms with Gasteiger partial charge in [-0.25, -0.2) is 0 Å². The van der Waals surface area contributed by atoms with Gasteiger partial charge >= 0.3 is 0 Å². The van der Waals surface area contributed by atoms with Gasteiger partial charge in [-0.1, -0.05) is 18.2 Å². The molecule has 3 rings (SSSR count). The molecule has 1 heterocycles. The van der Waals surface area contributed by atoms with Crippen molar-refractivity contribution in [3.05, 3.63) is 84.2 Å². The SMILES string of the molecule is CCOc1ccccc1NC(=O)c1cccc(NC(=O)c2ccncc2)c1. The van der Waals surface area contributed by atoms with Gasteiger partial charge < -0.3 is 15.4 Å². The van der Waals surface area contributed by atoms with Gasteiger partial charge in [0.15, 0.2) is 0 Å². The molecule has 2 N–H and O–H groups in total. The molecular formula is C21H19N3O3. The molecule has 3 aromatic rings. The summed E-state index contributed by atoms with van der Waals surface area (Å²) in [6.45, 7) is 2.39. The fourth-order valence-electron chi connectivity index (χ4n) is 2.49. The molecule has 0 aliphatic rings. The van der Waals surface area contributed by atoms with Crippen molar-refractivity contribution in [2.24, 2.45) is 0 Å². The van der Waals surface area contributed by atoms with Gasteiger partial charge in [0.25, 0.3) is 11.8 Å². The molecule has 27 heavy (non-hydrogen) atoms. The molecule has 0 unspecified atom stereocenters. The highest BCUT2D eigenvalue weighted by Gasteiger charge is 2.11. The summed E-state index contributed by atoms with van der Waals surface area (Å²) in [7, 11) is 0. The van der Waals surface area contributed by atoms with Crippen LogP contribution in [0.3, 0.4) is 0 Å². The summed E-state index contributed by atoms with van der Waals surface area (Å²) in [6.07, 6.45) is 3.10. The van der Waals surface area contributed by atoms with E-state index in [0.717, 1.165) is 0 Å². The lowest BCUT2D eigenvalue weighted by atomic mass is 10.1. The van der Waals surface area contributed by atoms with Crippen LogP contribution >= 0.6 is 0 Å². The Balaban J connectivity index is 1.73. The number of benzene rings is 2. The van der Waals surface area contributed by atoms with Gasteiger partial charge in [0.05, 0.1) is 12.3 Å². The molecule has 1 aromatic heterocycles. The summed E-state index contributed by atoms with van der Waals surface area (Å²) >= 11 is 0. The number of anilines is 2. The Hall–Kier alpha value is -3.67. The minimum absolute atomic E-state index is 0.267. The Morgan fingerprint density at radius 3 is 2.41 bits per heavy atom. The van der Waals surface area contributed by atoms with E-state index >= 15 is 0 Å². The van der Waals surface area contributed by atoms with Crippen LogP contribution in [0.2, 0.25) is 0 Å². The quantitative estimate of drug-likeness (QED) is 0.696. The molecule has 0 fully saturated rings. The van der Waals surface area contributed by atoms with Crippen LogP contribution in [0.5, 0.6) is 5.75 Å². The van der Waals surface area contributed by atoms with E-state index in [1.807, 2.05) is 19.1 Å². The number of amides is 2. The van der Waals surface area contributed by atoms with Gasteiger partial charge in [0.2, 0.25) is 0 Å². The van der Waals surface area contributed by atoms with Gasteiger partial charge in [-0.3, -0.25) is 14.6 Å². The number of carbonyl (C=O) groups is 2. The third-order valence-electron chi connectivity index (χ3n) is 3.76. The van der Waals surface area contributed by atoms with Crippen molar-refractivity contribution in [2.75, 3.05) is 17.2 Å². The summed E-state index contributed by atoms with van der Waals surface area (Å²) in [4.78, 5) is 28.7. The number of aromatic nitrogens is 1. The molecule has 0 atom stereocenters. The lowest BCUT2D eigenvalue weighted by molar-refractivity contribution is 0.101. The lowest BCUT2D eigenvalue weighted by Gasteiger charge is -2.12. The topological polar surface area (TPSA) is 80.3 Å². The maximum Gasteiger partial charge on any atom is 0.255 e. The van der Waals surface area contributed by atoms with E-state index in [4.69, 9.17) is 4.74 Å². The van der Waals surface area contributed by atoms with E-state index in [9.17, 15) is 9.59 Å². The van der Waals surface area contributed by atoms with Crippen molar-refractivity contribution < 1.29 is 14.3 Å². The van der Waals surface area contributed by atoms with Crippen LogP contribution in [0.4, 0.5) is 11.4 Å². The second-order valence-electron chi connectivity index (χ2n) is 5.65. The highest BCUT2D eigenvalue weighted by atomic mass is 16.5. The third kappa shape index (κ3) is 4.70. The Morgan fingerprint density at radius 1 is 0.889 bits per heavy atom. The van der Waals surface area contributed by atoms with Crippen molar-refractivity contribution in [2.45, 2.75) is 6.92 Å². The number of rotatable bonds is 6. The molecule has 0 saturated heterocycles. The summed E-state index contributed by atoms with van der Waals surface area (Å²) < 4.78 is 5.52. The van der Waals surface area contributed by atoms with E-state index in [2.05, 4.69) is 15.6 Å². The monoisotopic (exact) mass is 361 g/mol. The van der Waals surface area contributed by atoms with Gasteiger partial charge in [-0.2, -0.15) is 0 Å². The molecule has 0 spiro atoms. The second-order valence-corrected chi connectivity index (χ2v) is 5.65. The van der Waals surface area contributed by atoms with Crippen LogP contribution in [0.25, 0.3) is 0 Å². The zero-order valence-corrected chi connectivity index (χ0v) is 14.8. The van der Waals surface area contributed by atoms with Crippen LogP contribution in [-0.4, -0.2) is 23.4 Å². The van der Waals surface area contributed by atoms with E-state index in [-0.39, 0.29) is 11.8 Å². The third-order valence-corrected chi connectivity index (χ3v) is 3.76. The average Bonchev–Trinajstić information content (AvgIpc) is 2.70. The molecular weight excluding hydrogens is 342 g/mol. The smallest absolute Gasteiger partial charge is 0.255 e. The summed E-state index contributed by atoms with van der Waals surface area (Å²) in [5, 5.41) is 5.62. The highest BCUT2D eigenvalue weighted by molar-refractivity contribution is 6.07. The number of pyridine rings is 1. The zero-order valence-electron chi connectivity index (χ0n) is 14.8. The van der Waals surface area contributed by atoms with E-state index in [0.29, 0.717) is 34.9 Å². The lowest BCUT2D eigenvalue weighted by Crippen LogP contribution is -2.15. The highest BCUT2D eigenvalue weighted by Crippen LogP contribution is 2.24. The summed E-state index contributed by atoms with van der Waals surface area (Å²) in [6, 6.07) is 17.2. The number of ether oxygens (including phenoxy) is 1. The zero-order chi connectivity index (χ0) is 19.1. The Labute approximate surface area is 157 Å². The Morgan fingerprint density at radius 2 is 1.63 bits per heavy atom. The maximum atomic E-state index is 12.6. The molecule has 2 amide bonds. The fraction of sp³-hybridized carbons (Fsp3) is 0.0952. The molecule has 6 nitrogen and oxygen atoms in total. The molecule has 2 aromatic carbocycles. The van der Waals surface area contributed by atoms with Crippen molar-refractivity contribution in [3.8, 4) is 5.75 Å². The Kier molecular flexibility index (Phi) is 5.79. The Bertz CT molecular complexity index is 942. The minimum atomic E-state index is -0.290. The first-order valence-corrected chi connectivity index (χ1v) is 8.52. The molecule has 0 aliphatic carbocycles. The van der Waals surface area contributed by atoms with E-state index < -0.39 is 0 Å². The maximum absolute atomic E-state index is 12.6. The first-order chi connectivity index (χ1) is 13.2. The molecule has 0 radical (unpaired) electrons. The van der Waals surface area contributed by atoms with Crippen molar-refractivity contribution >= 4 is 23.2 Å². The molecule has 6 heteroatoms. The van der Waals surface area contributed by atoms with Crippen LogP contribution in [-0.2, 0) is 0 Å². The summed E-state index contributed by atoms with van der Waals surface area (Å²) in [5.41, 5.74) is 2.04. The average molecular weight is 361 g/mol. The van der Waals surface area contributed by atoms with Crippen molar-refractivity contribution in [3.63, 3.8) is 0 Å². The van der Waals surface area contributed by atoms with Crippen LogP contribution in [0, 0.1) is 0 Å². The largest absolute Gasteiger partial charge is 0.492 e. The van der Waals surface area contributed by atoms with Crippen molar-refractivity contribution in [1.82, 2.24) is 4.98 Å². The number of hydrogen-bond donors (Lipinski definition) is 2. The predicted octanol–water partition coefficient (Wildman–Crippen LogP) is 3.98. The number of nitrogens with zero attached hydrogens (tertiary/aromatic N) is 1. The predicted molar refractivity (Wildman–Crippen MR) is 104 cm³/mol. The molecule has 0 bridgehead atoms. The molecule has 0 saturated carbocycles. The standard InChI is InChI=1S/C21H19N3O3/c1-2-27-19-9-4-3-8-18(19)24-21(26)16-6-5-7-17(14-16)23-20(25)15-10-12-22-13-11-15/h3-14H,2H2,1H3,(H,23,25)(H,24,26).